The van der Waals surface area contributed by atoms with Crippen LogP contribution in [-0.4, -0.2) is 7.85 Å². The maximum atomic E-state index is 5.12. The summed E-state index contributed by atoms with van der Waals surface area (Å²) in [5, 5.41) is 0. The van der Waals surface area contributed by atoms with Gasteiger partial charge in [-0.15, -0.1) is 5.98 Å². The van der Waals surface area contributed by atoms with Crippen LogP contribution in [0.1, 0.15) is 20.3 Å². The minimum Gasteiger partial charge on any atom is -0.135 e. The number of hydrogen-bond donors (Lipinski definition) is 0. The first-order chi connectivity index (χ1) is 3.31. The summed E-state index contributed by atoms with van der Waals surface area (Å²) in [6.45, 7) is 4.29. The Bertz CT molecular complexity index is 57.2. The van der Waals surface area contributed by atoms with Gasteiger partial charge in [0.1, 0.15) is 7.85 Å². The summed E-state index contributed by atoms with van der Waals surface area (Å²) < 4.78 is 0. The first-order valence-electron chi connectivity index (χ1n) is 2.69. The Morgan fingerprint density at radius 3 is 2.43 bits per heavy atom. The van der Waals surface area contributed by atoms with Crippen LogP contribution in [-0.2, 0) is 0 Å². The van der Waals surface area contributed by atoms with Crippen LogP contribution >= 0.6 is 0 Å². The summed E-state index contributed by atoms with van der Waals surface area (Å²) in [6, 6.07) is 0. The first-order valence-corrected chi connectivity index (χ1v) is 2.69. The highest BCUT2D eigenvalue weighted by molar-refractivity contribution is 6.16. The lowest BCUT2D eigenvalue weighted by molar-refractivity contribution is 0.699. The average molecular weight is 94.0 g/mol. The van der Waals surface area contributed by atoms with Gasteiger partial charge in [0.25, 0.3) is 0 Å². The molecule has 2 radical (unpaired) electrons. The normalized spacial score (nSPS) is 15.1. The molecule has 0 bridgehead atoms. The summed E-state index contributed by atoms with van der Waals surface area (Å²) in [7, 11) is 5.12. The van der Waals surface area contributed by atoms with E-state index in [1.165, 1.54) is 6.42 Å². The summed E-state index contributed by atoms with van der Waals surface area (Å²) in [5.74, 6) is 2.25. The number of allylic oxidation sites excluding steroid dienone is 1. The molecule has 0 nitrogen and oxygen atoms in total. The fourth-order valence-corrected chi connectivity index (χ4v) is 0.326. The predicted molar refractivity (Wildman–Crippen MR) is 34.3 cm³/mol. The van der Waals surface area contributed by atoms with Gasteiger partial charge in [-0.05, 0) is 5.92 Å². The minimum absolute atomic E-state index is 0.644. The second-order valence-electron chi connectivity index (χ2n) is 1.77. The zero-order valence-electron chi connectivity index (χ0n) is 5.02. The van der Waals surface area contributed by atoms with E-state index >= 15 is 0 Å². The maximum Gasteiger partial charge on any atom is 0.102 e. The van der Waals surface area contributed by atoms with Crippen molar-refractivity contribution >= 4 is 7.85 Å². The van der Waals surface area contributed by atoms with E-state index in [0.717, 1.165) is 0 Å². The first kappa shape index (κ1) is 6.80. The molecule has 0 aliphatic heterocycles. The van der Waals surface area contributed by atoms with Crippen LogP contribution in [0, 0.1) is 5.92 Å². The lowest BCUT2D eigenvalue weighted by atomic mass is 10.0. The molecule has 0 aromatic rings. The van der Waals surface area contributed by atoms with Crippen molar-refractivity contribution in [3.63, 3.8) is 0 Å². The number of rotatable bonds is 2. The molecule has 1 heteroatoms. The molecule has 0 saturated heterocycles. The van der Waals surface area contributed by atoms with Crippen molar-refractivity contribution in [3.8, 4) is 0 Å². The van der Waals surface area contributed by atoms with Crippen molar-refractivity contribution in [1.29, 1.82) is 0 Å². The molecule has 0 aromatic heterocycles. The molecule has 0 saturated carbocycles. The molecule has 0 heterocycles. The van der Waals surface area contributed by atoms with Crippen LogP contribution in [0.3, 0.4) is 0 Å². The van der Waals surface area contributed by atoms with Crippen LogP contribution in [0.5, 0.6) is 0 Å². The molecule has 0 amide bonds. The van der Waals surface area contributed by atoms with E-state index in [9.17, 15) is 0 Å². The highest BCUT2D eigenvalue weighted by atomic mass is 13.9. The molecule has 0 spiro atoms. The fourth-order valence-electron chi connectivity index (χ4n) is 0.326. The summed E-state index contributed by atoms with van der Waals surface area (Å²) in [6.07, 6.45) is 3.17. The van der Waals surface area contributed by atoms with E-state index in [4.69, 9.17) is 7.85 Å². The van der Waals surface area contributed by atoms with Gasteiger partial charge in [0, 0.05) is 0 Å². The van der Waals surface area contributed by atoms with E-state index in [0.29, 0.717) is 5.92 Å². The van der Waals surface area contributed by atoms with Gasteiger partial charge >= 0.3 is 0 Å². The molecule has 0 N–H and O–H groups in total. The zero-order chi connectivity index (χ0) is 5.70. The Kier molecular flexibility index (Phi) is 3.87. The average Bonchev–Trinajstić information content (AvgIpc) is 1.68. The minimum atomic E-state index is 0.644. The summed E-state index contributed by atoms with van der Waals surface area (Å²) >= 11 is 0. The van der Waals surface area contributed by atoms with E-state index in [2.05, 4.69) is 13.8 Å². The highest BCUT2D eigenvalue weighted by Gasteiger charge is 1.85. The molecule has 0 aromatic carbocycles. The largest absolute Gasteiger partial charge is 0.135 e. The van der Waals surface area contributed by atoms with Gasteiger partial charge in [0.05, 0.1) is 0 Å². The van der Waals surface area contributed by atoms with Gasteiger partial charge in [0.15, 0.2) is 0 Å². The standard InChI is InChI=1S/C6H11B/c1-3-6(2)4-5-7/h4-6H,3H2,1-2H3. The zero-order valence-corrected chi connectivity index (χ0v) is 5.02. The lowest BCUT2D eigenvalue weighted by Gasteiger charge is -1.95. The molecule has 0 aliphatic rings. The molecule has 0 rings (SSSR count). The van der Waals surface area contributed by atoms with Gasteiger partial charge in [-0.1, -0.05) is 26.3 Å². The maximum absolute atomic E-state index is 5.12. The SMILES string of the molecule is [B]C=CC(C)CC. The van der Waals surface area contributed by atoms with E-state index in [-0.39, 0.29) is 0 Å². The second-order valence-corrected chi connectivity index (χ2v) is 1.77. The van der Waals surface area contributed by atoms with Crippen LogP contribution in [0.15, 0.2) is 12.1 Å². The highest BCUT2D eigenvalue weighted by Crippen LogP contribution is 1.99. The summed E-state index contributed by atoms with van der Waals surface area (Å²) in [5.41, 5.74) is 0. The molecular weight excluding hydrogens is 82.9 g/mol. The third kappa shape index (κ3) is 3.64. The predicted octanol–water partition coefficient (Wildman–Crippen LogP) is 1.71. The Hall–Kier alpha value is -0.195. The lowest BCUT2D eigenvalue weighted by Crippen LogP contribution is -1.82. The Balaban J connectivity index is 3.16. The van der Waals surface area contributed by atoms with Crippen LogP contribution in [0.4, 0.5) is 0 Å². The van der Waals surface area contributed by atoms with Gasteiger partial charge in [-0.3, -0.25) is 0 Å². The molecule has 0 fully saturated rings. The van der Waals surface area contributed by atoms with E-state index in [1.807, 2.05) is 6.08 Å². The molecule has 1 atom stereocenters. The van der Waals surface area contributed by atoms with Gasteiger partial charge < -0.3 is 0 Å². The quantitative estimate of drug-likeness (QED) is 0.457. The molecule has 7 heavy (non-hydrogen) atoms. The van der Waals surface area contributed by atoms with Crippen molar-refractivity contribution < 1.29 is 0 Å². The van der Waals surface area contributed by atoms with Crippen molar-refractivity contribution in [2.45, 2.75) is 20.3 Å². The molecular formula is C6H11B. The van der Waals surface area contributed by atoms with Crippen molar-refractivity contribution in [3.05, 3.63) is 12.1 Å². The van der Waals surface area contributed by atoms with Crippen LogP contribution < -0.4 is 0 Å². The van der Waals surface area contributed by atoms with Crippen LogP contribution in [0.25, 0.3) is 0 Å². The van der Waals surface area contributed by atoms with Gasteiger partial charge in [-0.2, -0.15) is 0 Å². The molecule has 1 unspecified atom stereocenters. The van der Waals surface area contributed by atoms with Crippen molar-refractivity contribution in [2.24, 2.45) is 5.92 Å². The van der Waals surface area contributed by atoms with Gasteiger partial charge in [0.2, 0.25) is 0 Å². The van der Waals surface area contributed by atoms with Crippen molar-refractivity contribution in [1.82, 2.24) is 0 Å². The monoisotopic (exact) mass is 94.1 g/mol. The molecule has 38 valence electrons. The van der Waals surface area contributed by atoms with Crippen LogP contribution in [0.2, 0.25) is 0 Å². The van der Waals surface area contributed by atoms with E-state index in [1.54, 1.807) is 5.98 Å². The van der Waals surface area contributed by atoms with E-state index < -0.39 is 0 Å². The third-order valence-corrected chi connectivity index (χ3v) is 1.08. The Labute approximate surface area is 47.0 Å². The topological polar surface area (TPSA) is 0 Å². The second kappa shape index (κ2) is 3.98. The van der Waals surface area contributed by atoms with Crippen molar-refractivity contribution in [2.75, 3.05) is 0 Å². The van der Waals surface area contributed by atoms with Gasteiger partial charge in [-0.25, -0.2) is 0 Å². The summed E-state index contributed by atoms with van der Waals surface area (Å²) in [4.78, 5) is 0. The Morgan fingerprint density at radius 2 is 2.29 bits per heavy atom. The fraction of sp³-hybridized carbons (Fsp3) is 0.667. The smallest absolute Gasteiger partial charge is 0.102 e. The number of hydrogen-bond acceptors (Lipinski definition) is 0. The third-order valence-electron chi connectivity index (χ3n) is 1.08. The molecule has 0 aliphatic carbocycles. The Morgan fingerprint density at radius 1 is 1.71 bits per heavy atom.